The second-order valence-electron chi connectivity index (χ2n) is 9.87. The number of benzene rings is 1. The molecule has 2 N–H and O–H groups in total. The maximum absolute atomic E-state index is 13.3. The molecule has 0 spiro atoms. The summed E-state index contributed by atoms with van der Waals surface area (Å²) >= 11 is 0. The molecule has 2 aliphatic heterocycles. The number of carbonyl (C=O) groups excluding carboxylic acids is 1. The average molecular weight is 514 g/mol. The first kappa shape index (κ1) is 24.0. The Kier molecular flexibility index (Phi) is 6.03. The summed E-state index contributed by atoms with van der Waals surface area (Å²) in [5.74, 6) is 1.38. The number of carbonyl (C=O) groups is 1. The van der Waals surface area contributed by atoms with Gasteiger partial charge in [-0.3, -0.25) is 14.8 Å². The van der Waals surface area contributed by atoms with Gasteiger partial charge in [0, 0.05) is 61.3 Å². The predicted molar refractivity (Wildman–Crippen MR) is 146 cm³/mol. The van der Waals surface area contributed by atoms with Gasteiger partial charge in [-0.2, -0.15) is 5.10 Å². The van der Waals surface area contributed by atoms with Gasteiger partial charge in [0.05, 0.1) is 17.6 Å². The second kappa shape index (κ2) is 9.53. The molecule has 6 rings (SSSR count). The summed E-state index contributed by atoms with van der Waals surface area (Å²) in [6, 6.07) is 10.3. The molecule has 0 radical (unpaired) electrons. The van der Waals surface area contributed by atoms with Crippen molar-refractivity contribution in [1.82, 2.24) is 40.3 Å². The fourth-order valence-electron chi connectivity index (χ4n) is 5.33. The molecule has 2 aliphatic rings. The SMILES string of the molecule is CCN1CCN(c2cc(-c3n[nH]c4ccc(NC(=O)C5=C(C)N(C)c6nnnn6C5)cc34)ccn2)CC1C. The van der Waals surface area contributed by atoms with Crippen LogP contribution in [0, 0.1) is 0 Å². The van der Waals surface area contributed by atoms with Crippen LogP contribution in [-0.4, -0.2) is 85.5 Å². The van der Waals surface area contributed by atoms with Gasteiger partial charge in [0.2, 0.25) is 5.95 Å². The molecule has 12 heteroatoms. The van der Waals surface area contributed by atoms with E-state index < -0.39 is 0 Å². The Morgan fingerprint density at radius 1 is 1.21 bits per heavy atom. The lowest BCUT2D eigenvalue weighted by Gasteiger charge is -2.40. The number of nitrogens with one attached hydrogen (secondary N) is 2. The Labute approximate surface area is 220 Å². The molecule has 1 unspecified atom stereocenters. The van der Waals surface area contributed by atoms with Crippen molar-refractivity contribution in [3.05, 3.63) is 47.8 Å². The summed E-state index contributed by atoms with van der Waals surface area (Å²) < 4.78 is 1.61. The molecule has 4 aromatic rings. The van der Waals surface area contributed by atoms with E-state index in [1.165, 1.54) is 0 Å². The van der Waals surface area contributed by atoms with Crippen LogP contribution < -0.4 is 15.1 Å². The highest BCUT2D eigenvalue weighted by molar-refractivity contribution is 6.06. The summed E-state index contributed by atoms with van der Waals surface area (Å²) in [5, 5.41) is 23.5. The summed E-state index contributed by atoms with van der Waals surface area (Å²) in [4.78, 5) is 24.6. The zero-order chi connectivity index (χ0) is 26.4. The number of allylic oxidation sites excluding steroid dienone is 1. The number of rotatable bonds is 5. The van der Waals surface area contributed by atoms with Crippen molar-refractivity contribution in [3.8, 4) is 11.3 Å². The molecule has 12 nitrogen and oxygen atoms in total. The Bertz CT molecular complexity index is 1540. The van der Waals surface area contributed by atoms with E-state index in [9.17, 15) is 4.79 Å². The molecule has 0 aliphatic carbocycles. The van der Waals surface area contributed by atoms with Crippen molar-refractivity contribution in [2.75, 3.05) is 48.3 Å². The monoisotopic (exact) mass is 513 g/mol. The number of anilines is 3. The molecule has 1 amide bonds. The van der Waals surface area contributed by atoms with Crippen molar-refractivity contribution >= 4 is 34.3 Å². The fraction of sp³-hybridized carbons (Fsp3) is 0.385. The zero-order valence-corrected chi connectivity index (χ0v) is 22.0. The average Bonchev–Trinajstić information content (AvgIpc) is 3.58. The van der Waals surface area contributed by atoms with Crippen molar-refractivity contribution in [3.63, 3.8) is 0 Å². The third-order valence-corrected chi connectivity index (χ3v) is 7.67. The third kappa shape index (κ3) is 4.16. The number of piperazine rings is 1. The molecule has 0 bridgehead atoms. The number of fused-ring (bicyclic) bond motifs is 2. The molecule has 0 saturated carbocycles. The number of H-pyrrole nitrogens is 1. The summed E-state index contributed by atoms with van der Waals surface area (Å²) in [6.07, 6.45) is 1.84. The minimum absolute atomic E-state index is 0.188. The molecular weight excluding hydrogens is 482 g/mol. The number of likely N-dealkylation sites (N-methyl/N-ethyl adjacent to an activating group) is 1. The summed E-state index contributed by atoms with van der Waals surface area (Å²) in [5.41, 5.74) is 4.81. The number of aromatic nitrogens is 7. The normalized spacial score (nSPS) is 18.3. The van der Waals surface area contributed by atoms with E-state index in [-0.39, 0.29) is 5.91 Å². The third-order valence-electron chi connectivity index (χ3n) is 7.67. The van der Waals surface area contributed by atoms with Crippen molar-refractivity contribution in [2.24, 2.45) is 0 Å². The van der Waals surface area contributed by atoms with Gasteiger partial charge in [-0.15, -0.1) is 0 Å². The van der Waals surface area contributed by atoms with Gasteiger partial charge >= 0.3 is 0 Å². The smallest absolute Gasteiger partial charge is 0.255 e. The quantitative estimate of drug-likeness (QED) is 0.414. The van der Waals surface area contributed by atoms with E-state index in [0.29, 0.717) is 29.8 Å². The van der Waals surface area contributed by atoms with Crippen molar-refractivity contribution in [2.45, 2.75) is 33.4 Å². The number of nitrogens with zero attached hydrogens (tertiary/aromatic N) is 9. The van der Waals surface area contributed by atoms with Crippen LogP contribution in [0.1, 0.15) is 20.8 Å². The van der Waals surface area contributed by atoms with Gasteiger partial charge in [-0.1, -0.05) is 12.0 Å². The van der Waals surface area contributed by atoms with Crippen LogP contribution in [-0.2, 0) is 11.3 Å². The minimum atomic E-state index is -0.188. The van der Waals surface area contributed by atoms with E-state index >= 15 is 0 Å². The van der Waals surface area contributed by atoms with Crippen LogP contribution in [0.25, 0.3) is 22.2 Å². The Balaban J connectivity index is 1.25. The maximum atomic E-state index is 13.3. The lowest BCUT2D eigenvalue weighted by Crippen LogP contribution is -2.51. The van der Waals surface area contributed by atoms with Crippen molar-refractivity contribution in [1.29, 1.82) is 0 Å². The number of pyridine rings is 1. The van der Waals surface area contributed by atoms with Gasteiger partial charge in [-0.25, -0.2) is 9.67 Å². The van der Waals surface area contributed by atoms with Gasteiger partial charge < -0.3 is 15.1 Å². The highest BCUT2D eigenvalue weighted by atomic mass is 16.1. The first-order valence-electron chi connectivity index (χ1n) is 12.9. The molecule has 196 valence electrons. The molecule has 3 aromatic heterocycles. The molecule has 1 saturated heterocycles. The van der Waals surface area contributed by atoms with Crippen LogP contribution in [0.2, 0.25) is 0 Å². The lowest BCUT2D eigenvalue weighted by atomic mass is 10.1. The predicted octanol–water partition coefficient (Wildman–Crippen LogP) is 2.50. The van der Waals surface area contributed by atoms with Gasteiger partial charge in [0.1, 0.15) is 11.5 Å². The van der Waals surface area contributed by atoms with E-state index in [2.05, 4.69) is 65.7 Å². The first-order chi connectivity index (χ1) is 18.4. The Morgan fingerprint density at radius 2 is 2.08 bits per heavy atom. The van der Waals surface area contributed by atoms with Crippen LogP contribution in [0.5, 0.6) is 0 Å². The van der Waals surface area contributed by atoms with Crippen LogP contribution in [0.4, 0.5) is 17.5 Å². The van der Waals surface area contributed by atoms with Gasteiger partial charge in [0.15, 0.2) is 0 Å². The van der Waals surface area contributed by atoms with Gasteiger partial charge in [-0.05, 0) is 61.2 Å². The lowest BCUT2D eigenvalue weighted by molar-refractivity contribution is -0.113. The maximum Gasteiger partial charge on any atom is 0.255 e. The second-order valence-corrected chi connectivity index (χ2v) is 9.87. The highest BCUT2D eigenvalue weighted by Gasteiger charge is 2.27. The standard InChI is InChI=1S/C26H31N11O/c1-5-35-10-11-36(14-16(35)2)23-12-18(8-9-27-23)24-20-13-19(6-7-22(20)29-30-24)28-25(38)21-15-37-26(31-32-33-37)34(4)17(21)3/h6-9,12-13,16H,5,10-11,14-15H2,1-4H3,(H,28,38)(H,29,30). The molecule has 38 heavy (non-hydrogen) atoms. The molecule has 1 fully saturated rings. The summed E-state index contributed by atoms with van der Waals surface area (Å²) in [6.45, 7) is 10.7. The zero-order valence-electron chi connectivity index (χ0n) is 22.0. The minimum Gasteiger partial charge on any atom is -0.354 e. The van der Waals surface area contributed by atoms with Crippen LogP contribution in [0.15, 0.2) is 47.8 Å². The number of tetrazole rings is 1. The van der Waals surface area contributed by atoms with E-state index in [1.54, 1.807) is 4.68 Å². The number of amides is 1. The van der Waals surface area contributed by atoms with Gasteiger partial charge in [0.25, 0.3) is 5.91 Å². The van der Waals surface area contributed by atoms with Crippen LogP contribution >= 0.6 is 0 Å². The molecule has 1 aromatic carbocycles. The number of hydrogen-bond donors (Lipinski definition) is 2. The highest BCUT2D eigenvalue weighted by Crippen LogP contribution is 2.31. The number of hydrogen-bond acceptors (Lipinski definition) is 9. The molecule has 1 atom stereocenters. The largest absolute Gasteiger partial charge is 0.354 e. The first-order valence-corrected chi connectivity index (χ1v) is 12.9. The van der Waals surface area contributed by atoms with E-state index in [1.807, 2.05) is 49.3 Å². The molecular formula is C26H31N11O. The Hall–Kier alpha value is -4.32. The topological polar surface area (TPSA) is 124 Å². The van der Waals surface area contributed by atoms with E-state index in [4.69, 9.17) is 0 Å². The fourth-order valence-corrected chi connectivity index (χ4v) is 5.33. The number of aromatic amines is 1. The molecule has 5 heterocycles. The summed E-state index contributed by atoms with van der Waals surface area (Å²) in [7, 11) is 1.85. The Morgan fingerprint density at radius 3 is 2.89 bits per heavy atom. The van der Waals surface area contributed by atoms with Crippen molar-refractivity contribution < 1.29 is 4.79 Å². The van der Waals surface area contributed by atoms with E-state index in [0.717, 1.165) is 59.9 Å². The van der Waals surface area contributed by atoms with Crippen LogP contribution in [0.3, 0.4) is 0 Å².